The van der Waals surface area contributed by atoms with Crippen LogP contribution in [-0.4, -0.2) is 83.2 Å². The van der Waals surface area contributed by atoms with E-state index in [1.165, 1.54) is 5.56 Å². The van der Waals surface area contributed by atoms with Crippen LogP contribution in [0.2, 0.25) is 18.6 Å². The standard InChI is InChI=1S/C34H48N6O4Si/c1-25-30(44-31(32(25)45(2,3)43)15-21-38-23-27(16-22-41)36-37-38)14-11-26-9-12-28(13-10-26)39-24-40(29-7-5-4-6-8-29)34(33(39)42)17-19-35-20-18-34/h4-10,12-13,23,25,30-32,35,41,43H,11,14-22,24H2,1-3H3/t25-,30+,31-,32+/m1/s1. The summed E-state index contributed by atoms with van der Waals surface area (Å²) in [5.41, 5.74) is 3.67. The van der Waals surface area contributed by atoms with E-state index in [0.29, 0.717) is 19.6 Å². The van der Waals surface area contributed by atoms with Gasteiger partial charge >= 0.3 is 0 Å². The Morgan fingerprint density at radius 3 is 2.42 bits per heavy atom. The van der Waals surface area contributed by atoms with Crippen LogP contribution in [-0.2, 0) is 28.9 Å². The zero-order chi connectivity index (χ0) is 31.6. The number of anilines is 2. The monoisotopic (exact) mass is 632 g/mol. The molecule has 11 heteroatoms. The summed E-state index contributed by atoms with van der Waals surface area (Å²) in [5.74, 6) is 0.450. The van der Waals surface area contributed by atoms with Crippen molar-refractivity contribution in [3.63, 3.8) is 0 Å². The number of hydrogen-bond donors (Lipinski definition) is 3. The summed E-state index contributed by atoms with van der Waals surface area (Å²) in [4.78, 5) is 29.5. The van der Waals surface area contributed by atoms with Crippen LogP contribution < -0.4 is 15.1 Å². The summed E-state index contributed by atoms with van der Waals surface area (Å²) in [5, 5.41) is 20.9. The number of aliphatic hydroxyl groups excluding tert-OH is 1. The first-order chi connectivity index (χ1) is 21.7. The van der Waals surface area contributed by atoms with Gasteiger partial charge in [-0.1, -0.05) is 42.5 Å². The summed E-state index contributed by atoms with van der Waals surface area (Å²) in [6.07, 6.45) is 6.53. The van der Waals surface area contributed by atoms with Crippen molar-refractivity contribution >= 4 is 25.6 Å². The number of rotatable bonds is 11. The zero-order valence-electron chi connectivity index (χ0n) is 26.8. The Morgan fingerprint density at radius 2 is 1.73 bits per heavy atom. The molecule has 0 radical (unpaired) electrons. The number of nitrogens with one attached hydrogen (secondary N) is 1. The number of piperidine rings is 1. The summed E-state index contributed by atoms with van der Waals surface area (Å²) in [7, 11) is -2.47. The molecule has 3 aliphatic heterocycles. The highest BCUT2D eigenvalue weighted by molar-refractivity contribution is 6.71. The molecule has 3 saturated heterocycles. The summed E-state index contributed by atoms with van der Waals surface area (Å²) in [6.45, 7) is 9.23. The molecule has 3 aromatic rings. The molecule has 0 saturated carbocycles. The maximum atomic E-state index is 14.0. The van der Waals surface area contributed by atoms with E-state index in [4.69, 9.17) is 4.74 Å². The van der Waals surface area contributed by atoms with Crippen molar-refractivity contribution in [1.29, 1.82) is 0 Å². The molecule has 3 aliphatic rings. The van der Waals surface area contributed by atoms with Crippen LogP contribution in [0.15, 0.2) is 60.8 Å². The van der Waals surface area contributed by atoms with Crippen LogP contribution in [0.3, 0.4) is 0 Å². The van der Waals surface area contributed by atoms with Crippen LogP contribution in [0.5, 0.6) is 0 Å². The second kappa shape index (κ2) is 13.3. The van der Waals surface area contributed by atoms with E-state index < -0.39 is 13.9 Å². The first kappa shape index (κ1) is 31.9. The van der Waals surface area contributed by atoms with Gasteiger partial charge in [0.05, 0.1) is 24.6 Å². The van der Waals surface area contributed by atoms with Gasteiger partial charge in [0, 0.05) is 42.7 Å². The molecule has 3 N–H and O–H groups in total. The quantitative estimate of drug-likeness (QED) is 0.274. The number of amides is 1. The third-order valence-electron chi connectivity index (χ3n) is 10.2. The number of aliphatic hydroxyl groups is 1. The molecule has 4 heterocycles. The number of benzene rings is 2. The Kier molecular flexibility index (Phi) is 9.44. The predicted octanol–water partition coefficient (Wildman–Crippen LogP) is 3.74. The smallest absolute Gasteiger partial charge is 0.254 e. The Bertz CT molecular complexity index is 1420. The molecule has 242 valence electrons. The van der Waals surface area contributed by atoms with Crippen LogP contribution in [0.25, 0.3) is 0 Å². The Morgan fingerprint density at radius 1 is 1.00 bits per heavy atom. The van der Waals surface area contributed by atoms with Crippen LogP contribution in [0.1, 0.15) is 43.9 Å². The van der Waals surface area contributed by atoms with Gasteiger partial charge in [0.15, 0.2) is 8.32 Å². The number of ether oxygens (including phenoxy) is 1. The first-order valence-electron chi connectivity index (χ1n) is 16.5. The third kappa shape index (κ3) is 6.59. The molecular formula is C34H48N6O4Si. The summed E-state index contributed by atoms with van der Waals surface area (Å²) < 4.78 is 8.47. The lowest BCUT2D eigenvalue weighted by atomic mass is 9.86. The summed E-state index contributed by atoms with van der Waals surface area (Å²) >= 11 is 0. The first-order valence-corrected chi connectivity index (χ1v) is 19.5. The Hall–Kier alpha value is -3.09. The SMILES string of the molecule is C[C@H]1[C@H]([Si](C)(C)O)[C@@H](CCn2cc(CCO)nn2)O[C@H]1CCc1ccc(N2CN(c3ccccc3)C3(CCNCC3)C2=O)cc1. The van der Waals surface area contributed by atoms with Crippen molar-refractivity contribution in [3.05, 3.63) is 72.1 Å². The molecule has 6 rings (SSSR count). The lowest BCUT2D eigenvalue weighted by Gasteiger charge is -2.39. The van der Waals surface area contributed by atoms with Gasteiger partial charge in [0.2, 0.25) is 0 Å². The van der Waals surface area contributed by atoms with E-state index in [9.17, 15) is 14.7 Å². The molecule has 0 bridgehead atoms. The summed E-state index contributed by atoms with van der Waals surface area (Å²) in [6, 6.07) is 18.8. The van der Waals surface area contributed by atoms with Gasteiger partial charge in [-0.3, -0.25) is 14.4 Å². The van der Waals surface area contributed by atoms with E-state index in [-0.39, 0.29) is 36.2 Å². The van der Waals surface area contributed by atoms with Gasteiger partial charge in [-0.25, -0.2) is 0 Å². The molecule has 45 heavy (non-hydrogen) atoms. The number of aryl methyl sites for hydroxylation is 2. The van der Waals surface area contributed by atoms with Crippen molar-refractivity contribution in [3.8, 4) is 0 Å². The van der Waals surface area contributed by atoms with Crippen molar-refractivity contribution < 1.29 is 19.4 Å². The number of aromatic nitrogens is 3. The van der Waals surface area contributed by atoms with Gasteiger partial charge in [0.25, 0.3) is 5.91 Å². The van der Waals surface area contributed by atoms with Gasteiger partial charge in [-0.2, -0.15) is 0 Å². The maximum absolute atomic E-state index is 14.0. The largest absolute Gasteiger partial charge is 0.432 e. The highest BCUT2D eigenvalue weighted by atomic mass is 28.4. The van der Waals surface area contributed by atoms with E-state index >= 15 is 0 Å². The van der Waals surface area contributed by atoms with Gasteiger partial charge in [0.1, 0.15) is 5.54 Å². The maximum Gasteiger partial charge on any atom is 0.254 e. The third-order valence-corrected chi connectivity index (χ3v) is 12.8. The van der Waals surface area contributed by atoms with Crippen molar-refractivity contribution in [1.82, 2.24) is 20.3 Å². The zero-order valence-corrected chi connectivity index (χ0v) is 27.8. The van der Waals surface area contributed by atoms with E-state index in [2.05, 4.69) is 63.9 Å². The van der Waals surface area contributed by atoms with E-state index in [0.717, 1.165) is 62.3 Å². The van der Waals surface area contributed by atoms with Gasteiger partial charge < -0.3 is 24.9 Å². The minimum atomic E-state index is -2.47. The second-order valence-electron chi connectivity index (χ2n) is 13.6. The second-order valence-corrected chi connectivity index (χ2v) is 17.6. The molecule has 0 aliphatic carbocycles. The average molecular weight is 633 g/mol. The highest BCUT2D eigenvalue weighted by Crippen LogP contribution is 2.46. The average Bonchev–Trinajstić information content (AvgIpc) is 3.70. The Labute approximate surface area is 267 Å². The fourth-order valence-corrected chi connectivity index (χ4v) is 10.6. The fourth-order valence-electron chi connectivity index (χ4n) is 7.94. The lowest BCUT2D eigenvalue weighted by molar-refractivity contribution is -0.122. The van der Waals surface area contributed by atoms with Gasteiger partial charge in [-0.15, -0.1) is 5.10 Å². The molecule has 2 aromatic carbocycles. The molecule has 0 unspecified atom stereocenters. The van der Waals surface area contributed by atoms with Crippen LogP contribution in [0, 0.1) is 5.92 Å². The fraction of sp³-hybridized carbons (Fsp3) is 0.559. The molecule has 1 spiro atoms. The van der Waals surface area contributed by atoms with E-state index in [1.807, 2.05) is 47.1 Å². The molecule has 1 aromatic heterocycles. The number of carbonyl (C=O) groups is 1. The van der Waals surface area contributed by atoms with Crippen LogP contribution >= 0.6 is 0 Å². The van der Waals surface area contributed by atoms with Crippen molar-refractivity contribution in [2.24, 2.45) is 5.92 Å². The number of para-hydroxylation sites is 1. The molecule has 4 atom stereocenters. The van der Waals surface area contributed by atoms with E-state index in [1.54, 1.807) is 0 Å². The lowest BCUT2D eigenvalue weighted by Crippen LogP contribution is -2.55. The topological polar surface area (TPSA) is 116 Å². The minimum absolute atomic E-state index is 0.0272. The number of nitrogens with zero attached hydrogens (tertiary/aromatic N) is 5. The van der Waals surface area contributed by atoms with Crippen LogP contribution in [0.4, 0.5) is 11.4 Å². The normalized spacial score (nSPS) is 25.0. The number of hydrogen-bond acceptors (Lipinski definition) is 8. The van der Waals surface area contributed by atoms with Crippen molar-refractivity contribution in [2.45, 2.75) is 88.4 Å². The molecular weight excluding hydrogens is 584 g/mol. The minimum Gasteiger partial charge on any atom is -0.432 e. The molecule has 10 nitrogen and oxygen atoms in total. The van der Waals surface area contributed by atoms with Gasteiger partial charge in [-0.05, 0) is 94.0 Å². The molecule has 3 fully saturated rings. The number of carbonyl (C=O) groups excluding carboxylic acids is 1. The Balaban J connectivity index is 1.10. The van der Waals surface area contributed by atoms with Crippen molar-refractivity contribution in [2.75, 3.05) is 36.2 Å². The predicted molar refractivity (Wildman–Crippen MR) is 178 cm³/mol. The highest BCUT2D eigenvalue weighted by Gasteiger charge is 2.53. The molecule has 1 amide bonds.